The van der Waals surface area contributed by atoms with Gasteiger partial charge in [0.1, 0.15) is 12.3 Å². The van der Waals surface area contributed by atoms with Crippen molar-refractivity contribution in [1.29, 1.82) is 0 Å². The predicted octanol–water partition coefficient (Wildman–Crippen LogP) is 0.588. The van der Waals surface area contributed by atoms with Crippen LogP contribution in [0.3, 0.4) is 0 Å². The van der Waals surface area contributed by atoms with Crippen molar-refractivity contribution in [3.8, 4) is 0 Å². The number of methoxy groups -OCH3 is 1. The zero-order valence-electron chi connectivity index (χ0n) is 11.8. The maximum atomic E-state index is 13.0. The van der Waals surface area contributed by atoms with Gasteiger partial charge in [-0.15, -0.1) is 0 Å². The third kappa shape index (κ3) is 4.22. The number of aromatic nitrogens is 1. The summed E-state index contributed by atoms with van der Waals surface area (Å²) in [5.41, 5.74) is 0.108. The zero-order chi connectivity index (χ0) is 15.2. The number of carbonyl (C=O) groups is 2. The number of halogens is 1. The molecule has 1 aliphatic heterocycles. The van der Waals surface area contributed by atoms with E-state index in [1.807, 2.05) is 0 Å². The second-order valence-corrected chi connectivity index (χ2v) is 4.91. The first-order valence-corrected chi connectivity index (χ1v) is 6.80. The lowest BCUT2D eigenvalue weighted by molar-refractivity contribution is -0.125. The molecule has 1 saturated heterocycles. The lowest BCUT2D eigenvalue weighted by atomic mass is 10.0. The van der Waals surface area contributed by atoms with Gasteiger partial charge in [0, 0.05) is 26.2 Å². The van der Waals surface area contributed by atoms with Gasteiger partial charge in [-0.1, -0.05) is 6.07 Å². The van der Waals surface area contributed by atoms with Gasteiger partial charge in [-0.25, -0.2) is 4.98 Å². The third-order valence-electron chi connectivity index (χ3n) is 3.36. The Bertz CT molecular complexity index is 516. The number of likely N-dealkylation sites (tertiary alicyclic amines) is 1. The van der Waals surface area contributed by atoms with Crippen LogP contribution in [0.25, 0.3) is 0 Å². The normalized spacial score (nSPS) is 15.8. The van der Waals surface area contributed by atoms with Gasteiger partial charge >= 0.3 is 0 Å². The summed E-state index contributed by atoms with van der Waals surface area (Å²) in [5, 5.41) is 2.85. The number of nitrogens with one attached hydrogen (secondary N) is 1. The number of amides is 2. The Morgan fingerprint density at radius 2 is 2.14 bits per heavy atom. The summed E-state index contributed by atoms with van der Waals surface area (Å²) in [6.45, 7) is 1.05. The average Bonchev–Trinajstić information content (AvgIpc) is 2.47. The van der Waals surface area contributed by atoms with Crippen molar-refractivity contribution in [2.75, 3.05) is 26.8 Å². The molecule has 114 valence electrons. The fourth-order valence-corrected chi connectivity index (χ4v) is 2.32. The molecule has 1 N–H and O–H groups in total. The van der Waals surface area contributed by atoms with Gasteiger partial charge in [0.2, 0.25) is 11.9 Å². The maximum absolute atomic E-state index is 13.0. The summed E-state index contributed by atoms with van der Waals surface area (Å²) in [7, 11) is 1.47. The number of hydrogen-bond donors (Lipinski definition) is 1. The van der Waals surface area contributed by atoms with E-state index in [1.165, 1.54) is 25.3 Å². The largest absolute Gasteiger partial charge is 0.375 e. The van der Waals surface area contributed by atoms with Gasteiger partial charge in [0.05, 0.1) is 0 Å². The Kier molecular flexibility index (Phi) is 5.21. The Balaban J connectivity index is 1.86. The molecule has 1 fully saturated rings. The molecule has 7 heteroatoms. The summed E-state index contributed by atoms with van der Waals surface area (Å²) >= 11 is 0. The summed E-state index contributed by atoms with van der Waals surface area (Å²) in [6, 6.07) is 4.21. The number of rotatable bonds is 4. The molecule has 1 aromatic heterocycles. The summed E-state index contributed by atoms with van der Waals surface area (Å²) in [5.74, 6) is -1.10. The van der Waals surface area contributed by atoms with E-state index in [0.29, 0.717) is 25.9 Å². The van der Waals surface area contributed by atoms with Crippen LogP contribution < -0.4 is 5.32 Å². The van der Waals surface area contributed by atoms with E-state index in [0.717, 1.165) is 0 Å². The number of nitrogens with zero attached hydrogens (tertiary/aromatic N) is 2. The van der Waals surface area contributed by atoms with E-state index in [9.17, 15) is 14.0 Å². The van der Waals surface area contributed by atoms with E-state index in [4.69, 9.17) is 4.74 Å². The van der Waals surface area contributed by atoms with Crippen LogP contribution in [0, 0.1) is 5.95 Å². The van der Waals surface area contributed by atoms with Crippen LogP contribution in [0.2, 0.25) is 0 Å². The molecular formula is C14H18FN3O3. The summed E-state index contributed by atoms with van der Waals surface area (Å²) < 4.78 is 17.8. The van der Waals surface area contributed by atoms with Crippen molar-refractivity contribution in [2.45, 2.75) is 18.9 Å². The molecule has 2 rings (SSSR count). The van der Waals surface area contributed by atoms with E-state index < -0.39 is 5.95 Å². The van der Waals surface area contributed by atoms with Crippen molar-refractivity contribution in [2.24, 2.45) is 0 Å². The first kappa shape index (κ1) is 15.4. The van der Waals surface area contributed by atoms with Crippen LogP contribution in [0.5, 0.6) is 0 Å². The van der Waals surface area contributed by atoms with Crippen LogP contribution in [0.15, 0.2) is 18.2 Å². The average molecular weight is 295 g/mol. The van der Waals surface area contributed by atoms with E-state index in [-0.39, 0.29) is 30.2 Å². The molecule has 6 nitrogen and oxygen atoms in total. The smallest absolute Gasteiger partial charge is 0.272 e. The molecule has 0 atom stereocenters. The molecule has 2 amide bonds. The van der Waals surface area contributed by atoms with E-state index >= 15 is 0 Å². The minimum absolute atomic E-state index is 0.0341. The monoisotopic (exact) mass is 295 g/mol. The molecule has 0 bridgehead atoms. The summed E-state index contributed by atoms with van der Waals surface area (Å²) in [4.78, 5) is 28.8. The first-order valence-electron chi connectivity index (χ1n) is 6.80. The number of hydrogen-bond acceptors (Lipinski definition) is 4. The maximum Gasteiger partial charge on any atom is 0.272 e. The highest BCUT2D eigenvalue weighted by Gasteiger charge is 2.25. The van der Waals surface area contributed by atoms with E-state index in [1.54, 1.807) is 4.90 Å². The molecule has 0 spiro atoms. The standard InChI is InChI=1S/C14H18FN3O3/c1-21-9-13(19)16-10-5-7-18(8-6-10)14(20)11-3-2-4-12(15)17-11/h2-4,10H,5-9H2,1H3,(H,16,19). The Morgan fingerprint density at radius 1 is 1.43 bits per heavy atom. The minimum atomic E-state index is -0.664. The summed E-state index contributed by atoms with van der Waals surface area (Å²) in [6.07, 6.45) is 1.33. The molecule has 0 aromatic carbocycles. The van der Waals surface area contributed by atoms with Gasteiger partial charge in [-0.3, -0.25) is 9.59 Å². The van der Waals surface area contributed by atoms with Crippen LogP contribution >= 0.6 is 0 Å². The molecule has 0 saturated carbocycles. The second-order valence-electron chi connectivity index (χ2n) is 4.91. The van der Waals surface area contributed by atoms with E-state index in [2.05, 4.69) is 10.3 Å². The molecule has 0 radical (unpaired) electrons. The van der Waals surface area contributed by atoms with Crippen molar-refractivity contribution >= 4 is 11.8 Å². The Hall–Kier alpha value is -2.02. The number of carbonyl (C=O) groups excluding carboxylic acids is 2. The molecule has 21 heavy (non-hydrogen) atoms. The van der Waals surface area contributed by atoms with Crippen molar-refractivity contribution in [3.05, 3.63) is 29.8 Å². The van der Waals surface area contributed by atoms with Crippen LogP contribution in [0.4, 0.5) is 4.39 Å². The highest BCUT2D eigenvalue weighted by molar-refractivity contribution is 5.92. The lowest BCUT2D eigenvalue weighted by Gasteiger charge is -2.32. The van der Waals surface area contributed by atoms with Crippen molar-refractivity contribution in [3.63, 3.8) is 0 Å². The number of pyridine rings is 1. The van der Waals surface area contributed by atoms with Gasteiger partial charge in [-0.2, -0.15) is 4.39 Å². The molecule has 0 aliphatic carbocycles. The topological polar surface area (TPSA) is 71.5 Å². The van der Waals surface area contributed by atoms with Gasteiger partial charge in [0.25, 0.3) is 5.91 Å². The molecular weight excluding hydrogens is 277 g/mol. The fraction of sp³-hybridized carbons (Fsp3) is 0.500. The highest BCUT2D eigenvalue weighted by atomic mass is 19.1. The van der Waals surface area contributed by atoms with Crippen LogP contribution in [0.1, 0.15) is 23.3 Å². The first-order chi connectivity index (χ1) is 10.1. The van der Waals surface area contributed by atoms with Gasteiger partial charge < -0.3 is 15.0 Å². The predicted molar refractivity (Wildman–Crippen MR) is 73.1 cm³/mol. The number of piperidine rings is 1. The number of ether oxygens (including phenoxy) is 1. The second kappa shape index (κ2) is 7.12. The van der Waals surface area contributed by atoms with Gasteiger partial charge in [0.15, 0.2) is 0 Å². The zero-order valence-corrected chi connectivity index (χ0v) is 11.8. The molecule has 0 unspecified atom stereocenters. The molecule has 1 aromatic rings. The minimum Gasteiger partial charge on any atom is -0.375 e. The van der Waals surface area contributed by atoms with Gasteiger partial charge in [-0.05, 0) is 25.0 Å². The van der Waals surface area contributed by atoms with Crippen molar-refractivity contribution < 1.29 is 18.7 Å². The third-order valence-corrected chi connectivity index (χ3v) is 3.36. The molecule has 1 aliphatic rings. The fourth-order valence-electron chi connectivity index (χ4n) is 2.32. The van der Waals surface area contributed by atoms with Crippen molar-refractivity contribution in [1.82, 2.24) is 15.2 Å². The highest BCUT2D eigenvalue weighted by Crippen LogP contribution is 2.13. The molecule has 2 heterocycles. The Labute approximate surface area is 122 Å². The lowest BCUT2D eigenvalue weighted by Crippen LogP contribution is -2.47. The SMILES string of the molecule is COCC(=O)NC1CCN(C(=O)c2cccc(F)n2)CC1. The van der Waals surface area contributed by atoms with Crippen LogP contribution in [-0.4, -0.2) is 54.5 Å². The Morgan fingerprint density at radius 3 is 2.76 bits per heavy atom. The van der Waals surface area contributed by atoms with Crippen LogP contribution in [-0.2, 0) is 9.53 Å². The quantitative estimate of drug-likeness (QED) is 0.825.